The van der Waals surface area contributed by atoms with E-state index in [2.05, 4.69) is 15.1 Å². The fourth-order valence-corrected chi connectivity index (χ4v) is 2.87. The van der Waals surface area contributed by atoms with Crippen LogP contribution in [0, 0.1) is 6.92 Å². The van der Waals surface area contributed by atoms with Crippen LogP contribution >= 0.6 is 0 Å². The Hall–Kier alpha value is -3.08. The summed E-state index contributed by atoms with van der Waals surface area (Å²) in [4.78, 5) is 42.8. The molecule has 2 aromatic rings. The lowest BCUT2D eigenvalue weighted by molar-refractivity contribution is -0.155. The minimum Gasteiger partial charge on any atom is -0.463 e. The van der Waals surface area contributed by atoms with Crippen LogP contribution in [-0.2, 0) is 23.8 Å². The van der Waals surface area contributed by atoms with Crippen molar-refractivity contribution in [3.8, 4) is 5.82 Å². The van der Waals surface area contributed by atoms with Crippen LogP contribution in [0.5, 0.6) is 0 Å². The van der Waals surface area contributed by atoms with E-state index in [1.165, 1.54) is 35.8 Å². The van der Waals surface area contributed by atoms with E-state index in [9.17, 15) is 14.4 Å². The van der Waals surface area contributed by atoms with E-state index in [1.807, 2.05) is 0 Å². The highest BCUT2D eigenvalue weighted by Crippen LogP contribution is 2.30. The number of hydrogen-bond acceptors (Lipinski definition) is 9. The Bertz CT molecular complexity index is 893. The van der Waals surface area contributed by atoms with Gasteiger partial charge in [0.05, 0.1) is 0 Å². The lowest BCUT2D eigenvalue weighted by atomic mass is 10.2. The summed E-state index contributed by atoms with van der Waals surface area (Å²) in [7, 11) is 0. The number of aromatic nitrogens is 5. The van der Waals surface area contributed by atoms with Crippen molar-refractivity contribution in [1.82, 2.24) is 24.3 Å². The topological polar surface area (TPSA) is 127 Å². The van der Waals surface area contributed by atoms with Gasteiger partial charge in [0, 0.05) is 32.0 Å². The van der Waals surface area contributed by atoms with Crippen LogP contribution in [0.25, 0.3) is 5.82 Å². The maximum Gasteiger partial charge on any atom is 0.351 e. The molecule has 1 fully saturated rings. The Labute approximate surface area is 153 Å². The lowest BCUT2D eigenvalue weighted by Gasteiger charge is -2.18. The van der Waals surface area contributed by atoms with E-state index in [-0.39, 0.29) is 13.0 Å². The van der Waals surface area contributed by atoms with Crippen LogP contribution in [-0.4, -0.2) is 55.1 Å². The number of hydrogen-bond donors (Lipinski definition) is 0. The molecule has 3 atom stereocenters. The third kappa shape index (κ3) is 4.19. The first-order valence-corrected chi connectivity index (χ1v) is 8.26. The van der Waals surface area contributed by atoms with E-state index in [0.29, 0.717) is 11.4 Å². The molecule has 11 heteroatoms. The maximum absolute atomic E-state index is 12.5. The second-order valence-electron chi connectivity index (χ2n) is 6.09. The van der Waals surface area contributed by atoms with Crippen molar-refractivity contribution >= 4 is 11.9 Å². The van der Waals surface area contributed by atoms with E-state index in [4.69, 9.17) is 14.2 Å². The lowest BCUT2D eigenvalue weighted by Crippen LogP contribution is -2.31. The fourth-order valence-electron chi connectivity index (χ4n) is 2.87. The van der Waals surface area contributed by atoms with Gasteiger partial charge in [-0.2, -0.15) is 10.1 Å². The van der Waals surface area contributed by atoms with Crippen LogP contribution in [0.3, 0.4) is 0 Å². The zero-order chi connectivity index (χ0) is 19.6. The molecule has 0 saturated carbocycles. The number of esters is 2. The summed E-state index contributed by atoms with van der Waals surface area (Å²) in [5.41, 5.74) is 0.127. The average Bonchev–Trinajstić information content (AvgIpc) is 3.24. The van der Waals surface area contributed by atoms with Gasteiger partial charge in [-0.25, -0.2) is 14.5 Å². The van der Waals surface area contributed by atoms with Crippen molar-refractivity contribution in [1.29, 1.82) is 0 Å². The van der Waals surface area contributed by atoms with Crippen molar-refractivity contribution in [2.75, 3.05) is 6.61 Å². The first-order chi connectivity index (χ1) is 12.8. The normalized spacial score (nSPS) is 21.8. The largest absolute Gasteiger partial charge is 0.463 e. The Morgan fingerprint density at radius 3 is 2.74 bits per heavy atom. The number of carbonyl (C=O) groups excluding carboxylic acids is 2. The minimum absolute atomic E-state index is 0.0814. The van der Waals surface area contributed by atoms with Gasteiger partial charge < -0.3 is 14.2 Å². The molecule has 0 N–H and O–H groups in total. The number of ether oxygens (including phenoxy) is 3. The highest BCUT2D eigenvalue weighted by molar-refractivity contribution is 5.66. The Morgan fingerprint density at radius 2 is 2.11 bits per heavy atom. The second-order valence-corrected chi connectivity index (χ2v) is 6.09. The molecular formula is C16H19N5O6. The molecule has 144 valence electrons. The molecule has 3 rings (SSSR count). The summed E-state index contributed by atoms with van der Waals surface area (Å²) in [5, 5.41) is 3.97. The predicted molar refractivity (Wildman–Crippen MR) is 88.9 cm³/mol. The summed E-state index contributed by atoms with van der Waals surface area (Å²) in [6.07, 6.45) is 2.58. The third-order valence-corrected chi connectivity index (χ3v) is 4.00. The average molecular weight is 377 g/mol. The Kier molecular flexibility index (Phi) is 5.31. The van der Waals surface area contributed by atoms with Crippen LogP contribution in [0.4, 0.5) is 0 Å². The smallest absolute Gasteiger partial charge is 0.351 e. The molecule has 11 nitrogen and oxygen atoms in total. The first kappa shape index (κ1) is 18.7. The van der Waals surface area contributed by atoms with Gasteiger partial charge in [0.25, 0.3) is 0 Å². The SMILES string of the molecule is CC(=O)OC[C@H]1O[C@@H](n2cc(C)c(-n3cncn3)nc2=O)CC1OC(C)=O. The summed E-state index contributed by atoms with van der Waals surface area (Å²) in [6, 6.07) is 0. The van der Waals surface area contributed by atoms with Gasteiger partial charge in [0.15, 0.2) is 5.82 Å². The zero-order valence-electron chi connectivity index (χ0n) is 15.1. The van der Waals surface area contributed by atoms with Gasteiger partial charge in [-0.3, -0.25) is 14.2 Å². The third-order valence-electron chi connectivity index (χ3n) is 4.00. The second kappa shape index (κ2) is 7.66. The van der Waals surface area contributed by atoms with E-state index in [1.54, 1.807) is 13.1 Å². The van der Waals surface area contributed by atoms with Gasteiger partial charge in [-0.15, -0.1) is 0 Å². The summed E-state index contributed by atoms with van der Waals surface area (Å²) < 4.78 is 18.7. The van der Waals surface area contributed by atoms with Crippen molar-refractivity contribution < 1.29 is 23.8 Å². The van der Waals surface area contributed by atoms with Crippen LogP contribution < -0.4 is 5.69 Å². The van der Waals surface area contributed by atoms with Crippen LogP contribution in [0.2, 0.25) is 0 Å². The highest BCUT2D eigenvalue weighted by atomic mass is 16.6. The van der Waals surface area contributed by atoms with Crippen molar-refractivity contribution in [3.63, 3.8) is 0 Å². The van der Waals surface area contributed by atoms with Gasteiger partial charge >= 0.3 is 17.6 Å². The first-order valence-electron chi connectivity index (χ1n) is 8.26. The molecule has 1 aliphatic rings. The fraction of sp³-hybridized carbons (Fsp3) is 0.500. The molecule has 1 unspecified atom stereocenters. The van der Waals surface area contributed by atoms with E-state index < -0.39 is 36.1 Å². The van der Waals surface area contributed by atoms with E-state index >= 15 is 0 Å². The number of carbonyl (C=O) groups is 2. The molecule has 0 aliphatic carbocycles. The van der Waals surface area contributed by atoms with Crippen LogP contribution in [0.15, 0.2) is 23.6 Å². The molecular weight excluding hydrogens is 358 g/mol. The molecule has 0 aromatic carbocycles. The van der Waals surface area contributed by atoms with Crippen molar-refractivity contribution in [2.45, 2.75) is 45.6 Å². The van der Waals surface area contributed by atoms with Gasteiger partial charge in [0.1, 0.15) is 37.7 Å². The Morgan fingerprint density at radius 1 is 1.33 bits per heavy atom. The molecule has 0 spiro atoms. The zero-order valence-corrected chi connectivity index (χ0v) is 15.1. The number of aryl methyl sites for hydroxylation is 1. The van der Waals surface area contributed by atoms with Gasteiger partial charge in [-0.05, 0) is 6.92 Å². The van der Waals surface area contributed by atoms with Gasteiger partial charge in [-0.1, -0.05) is 0 Å². The van der Waals surface area contributed by atoms with Crippen molar-refractivity contribution in [2.24, 2.45) is 0 Å². The molecule has 0 bridgehead atoms. The molecule has 0 amide bonds. The summed E-state index contributed by atoms with van der Waals surface area (Å²) >= 11 is 0. The molecule has 27 heavy (non-hydrogen) atoms. The molecule has 0 radical (unpaired) electrons. The van der Waals surface area contributed by atoms with Gasteiger partial charge in [0.2, 0.25) is 0 Å². The van der Waals surface area contributed by atoms with E-state index in [0.717, 1.165) is 0 Å². The van der Waals surface area contributed by atoms with Crippen LogP contribution in [0.1, 0.15) is 32.1 Å². The molecule has 3 heterocycles. The quantitative estimate of drug-likeness (QED) is 0.657. The standard InChI is InChI=1S/C16H19N5O6/c1-9-5-20(16(24)19-15(9)21-8-17-7-18-21)14-4-12(26-11(3)23)13(27-14)6-25-10(2)22/h5,7-8,12-14H,4,6H2,1-3H3/t12?,13-,14-/m1/s1. The molecule has 2 aromatic heterocycles. The predicted octanol–water partition coefficient (Wildman–Crippen LogP) is -0.0853. The number of nitrogens with zero attached hydrogens (tertiary/aromatic N) is 5. The number of rotatable bonds is 5. The minimum atomic E-state index is -0.710. The summed E-state index contributed by atoms with van der Waals surface area (Å²) in [6.45, 7) is 4.24. The molecule has 1 aliphatic heterocycles. The Balaban J connectivity index is 1.85. The summed E-state index contributed by atoms with van der Waals surface area (Å²) in [5.74, 6) is -0.601. The van der Waals surface area contributed by atoms with Crippen molar-refractivity contribution in [3.05, 3.63) is 34.9 Å². The highest BCUT2D eigenvalue weighted by Gasteiger charge is 2.39. The monoisotopic (exact) mass is 377 g/mol. The molecule has 1 saturated heterocycles. The maximum atomic E-state index is 12.5.